The lowest BCUT2D eigenvalue weighted by Crippen LogP contribution is -2.36. The number of ether oxygens (including phenoxy) is 2. The zero-order valence-electron chi connectivity index (χ0n) is 13.2. The number of allylic oxidation sites excluding steroid dienone is 1. The maximum absolute atomic E-state index is 14.3. The molecule has 0 spiro atoms. The first kappa shape index (κ1) is 16.4. The molecule has 1 aromatic rings. The van der Waals surface area contributed by atoms with Gasteiger partial charge < -0.3 is 14.8 Å². The van der Waals surface area contributed by atoms with Gasteiger partial charge in [0.25, 0.3) is 0 Å². The normalized spacial score (nSPS) is 24.5. The summed E-state index contributed by atoms with van der Waals surface area (Å²) in [5.41, 5.74) is 1.00. The number of halogens is 3. The summed E-state index contributed by atoms with van der Waals surface area (Å²) >= 11 is 11.7. The number of nitrogens with zero attached hydrogens (tertiary/aromatic N) is 2. The SMILES string of the molecule is CC1C2=C(C=C3C(Nc4ccc(Cl)c(Cl)c4F)=NC=NC31)OCCO2. The van der Waals surface area contributed by atoms with Crippen LogP contribution in [-0.4, -0.2) is 31.4 Å². The van der Waals surface area contributed by atoms with Gasteiger partial charge in [-0.3, -0.25) is 4.99 Å². The van der Waals surface area contributed by atoms with E-state index in [4.69, 9.17) is 32.7 Å². The third-order valence-electron chi connectivity index (χ3n) is 4.31. The molecule has 0 bridgehead atoms. The molecule has 8 heteroatoms. The van der Waals surface area contributed by atoms with E-state index in [1.807, 2.05) is 13.0 Å². The summed E-state index contributed by atoms with van der Waals surface area (Å²) in [5.74, 6) is 1.32. The summed E-state index contributed by atoms with van der Waals surface area (Å²) in [6, 6.07) is 2.87. The predicted octanol–water partition coefficient (Wildman–Crippen LogP) is 4.19. The van der Waals surface area contributed by atoms with Crippen LogP contribution in [0, 0.1) is 11.7 Å². The lowest BCUT2D eigenvalue weighted by Gasteiger charge is -2.34. The van der Waals surface area contributed by atoms with Crippen molar-refractivity contribution in [1.82, 2.24) is 0 Å². The number of hydrogen-bond donors (Lipinski definition) is 1. The smallest absolute Gasteiger partial charge is 0.166 e. The fraction of sp³-hybridized carbons (Fsp3) is 0.294. The van der Waals surface area contributed by atoms with E-state index >= 15 is 0 Å². The van der Waals surface area contributed by atoms with Gasteiger partial charge in [0.15, 0.2) is 11.6 Å². The van der Waals surface area contributed by atoms with Crippen molar-refractivity contribution < 1.29 is 13.9 Å². The number of fused-ring (bicyclic) bond motifs is 1. The van der Waals surface area contributed by atoms with E-state index in [0.717, 1.165) is 11.3 Å². The molecule has 1 N–H and O–H groups in total. The van der Waals surface area contributed by atoms with Gasteiger partial charge in [0, 0.05) is 11.5 Å². The van der Waals surface area contributed by atoms with Crippen molar-refractivity contribution in [3.8, 4) is 0 Å². The second-order valence-corrected chi connectivity index (χ2v) is 6.63. The second-order valence-electron chi connectivity index (χ2n) is 5.85. The molecule has 0 radical (unpaired) electrons. The van der Waals surface area contributed by atoms with Crippen LogP contribution in [0.3, 0.4) is 0 Å². The summed E-state index contributed by atoms with van der Waals surface area (Å²) < 4.78 is 25.8. The molecule has 0 saturated carbocycles. The Morgan fingerprint density at radius 2 is 2.04 bits per heavy atom. The zero-order valence-corrected chi connectivity index (χ0v) is 14.7. The van der Waals surface area contributed by atoms with Crippen LogP contribution in [-0.2, 0) is 9.47 Å². The number of hydrogen-bond acceptors (Lipinski definition) is 5. The standard InChI is InChI=1S/C17H14Cl2FN3O2/c1-8-15-9(6-12-16(8)25-5-4-24-12)17(22-7-21-15)23-11-3-2-10(18)13(19)14(11)20/h2-3,6-8,15H,4-5H2,1H3,(H,21,22,23). The van der Waals surface area contributed by atoms with Crippen LogP contribution in [0.25, 0.3) is 0 Å². The Labute approximate surface area is 153 Å². The first-order valence-corrected chi connectivity index (χ1v) is 8.53. The van der Waals surface area contributed by atoms with Crippen molar-refractivity contribution in [2.45, 2.75) is 13.0 Å². The number of rotatable bonds is 1. The molecule has 4 rings (SSSR count). The third-order valence-corrected chi connectivity index (χ3v) is 5.09. The largest absolute Gasteiger partial charge is 0.490 e. The molecule has 130 valence electrons. The molecule has 2 heterocycles. The molecule has 1 aromatic carbocycles. The van der Waals surface area contributed by atoms with Crippen LogP contribution in [0.15, 0.2) is 45.3 Å². The monoisotopic (exact) mass is 381 g/mol. The fourth-order valence-electron chi connectivity index (χ4n) is 3.06. The Morgan fingerprint density at radius 3 is 2.88 bits per heavy atom. The summed E-state index contributed by atoms with van der Waals surface area (Å²) in [6.45, 7) is 3.03. The van der Waals surface area contributed by atoms with E-state index in [0.29, 0.717) is 24.8 Å². The van der Waals surface area contributed by atoms with Gasteiger partial charge in [-0.25, -0.2) is 9.38 Å². The molecule has 0 saturated heterocycles. The predicted molar refractivity (Wildman–Crippen MR) is 95.9 cm³/mol. The zero-order chi connectivity index (χ0) is 17.6. The molecule has 2 atom stereocenters. The van der Waals surface area contributed by atoms with Crippen LogP contribution < -0.4 is 5.32 Å². The van der Waals surface area contributed by atoms with Gasteiger partial charge in [0.05, 0.1) is 21.8 Å². The first-order valence-electron chi connectivity index (χ1n) is 7.78. The minimum atomic E-state index is -0.627. The van der Waals surface area contributed by atoms with Crippen molar-refractivity contribution in [3.63, 3.8) is 0 Å². The van der Waals surface area contributed by atoms with Crippen molar-refractivity contribution in [1.29, 1.82) is 0 Å². The highest BCUT2D eigenvalue weighted by Crippen LogP contribution is 2.37. The van der Waals surface area contributed by atoms with E-state index in [1.165, 1.54) is 18.5 Å². The Kier molecular flexibility index (Phi) is 4.17. The van der Waals surface area contributed by atoms with E-state index < -0.39 is 5.82 Å². The molecule has 1 aliphatic carbocycles. The van der Waals surface area contributed by atoms with Crippen molar-refractivity contribution in [2.24, 2.45) is 15.9 Å². The molecule has 2 aliphatic heterocycles. The average molecular weight is 382 g/mol. The summed E-state index contributed by atoms with van der Waals surface area (Å²) in [5, 5.41) is 3.01. The average Bonchev–Trinajstić information content (AvgIpc) is 2.63. The number of aliphatic imine (C=N–C) groups is 2. The minimum absolute atomic E-state index is 0.00231. The van der Waals surface area contributed by atoms with E-state index in [-0.39, 0.29) is 27.7 Å². The molecule has 0 aromatic heterocycles. The highest BCUT2D eigenvalue weighted by atomic mass is 35.5. The van der Waals surface area contributed by atoms with E-state index in [9.17, 15) is 4.39 Å². The van der Waals surface area contributed by atoms with Crippen molar-refractivity contribution >= 4 is 41.1 Å². The molecular weight excluding hydrogens is 368 g/mol. The van der Waals surface area contributed by atoms with Crippen LogP contribution in [0.5, 0.6) is 0 Å². The lowest BCUT2D eigenvalue weighted by molar-refractivity contribution is 0.0492. The number of benzene rings is 1. The van der Waals surface area contributed by atoms with Crippen LogP contribution in [0.4, 0.5) is 10.1 Å². The van der Waals surface area contributed by atoms with Gasteiger partial charge in [-0.05, 0) is 18.2 Å². The van der Waals surface area contributed by atoms with Crippen molar-refractivity contribution in [3.05, 3.63) is 51.2 Å². The van der Waals surface area contributed by atoms with Gasteiger partial charge in [0.1, 0.15) is 31.1 Å². The van der Waals surface area contributed by atoms with Crippen LogP contribution in [0.1, 0.15) is 6.92 Å². The van der Waals surface area contributed by atoms with E-state index in [1.54, 1.807) is 0 Å². The number of nitrogens with one attached hydrogen (secondary N) is 1. The van der Waals surface area contributed by atoms with Gasteiger partial charge in [-0.1, -0.05) is 30.1 Å². The first-order chi connectivity index (χ1) is 12.1. The Balaban J connectivity index is 1.70. The minimum Gasteiger partial charge on any atom is -0.490 e. The molecule has 3 aliphatic rings. The number of amidine groups is 1. The summed E-state index contributed by atoms with van der Waals surface area (Å²) in [6.07, 6.45) is 3.31. The molecule has 0 fully saturated rings. The molecule has 0 amide bonds. The van der Waals surface area contributed by atoms with Crippen LogP contribution >= 0.6 is 23.2 Å². The Hall–Kier alpha value is -2.05. The van der Waals surface area contributed by atoms with Gasteiger partial charge in [-0.2, -0.15) is 0 Å². The summed E-state index contributed by atoms with van der Waals surface area (Å²) in [4.78, 5) is 8.70. The maximum Gasteiger partial charge on any atom is 0.166 e. The molecular formula is C17H14Cl2FN3O2. The van der Waals surface area contributed by atoms with E-state index in [2.05, 4.69) is 15.3 Å². The maximum atomic E-state index is 14.3. The fourth-order valence-corrected chi connectivity index (χ4v) is 3.37. The molecule has 2 unspecified atom stereocenters. The van der Waals surface area contributed by atoms with Gasteiger partial charge >= 0.3 is 0 Å². The van der Waals surface area contributed by atoms with Gasteiger partial charge in [0.2, 0.25) is 0 Å². The quantitative estimate of drug-likeness (QED) is 0.742. The van der Waals surface area contributed by atoms with Crippen LogP contribution in [0.2, 0.25) is 10.0 Å². The molecule has 5 nitrogen and oxygen atoms in total. The lowest BCUT2D eigenvalue weighted by atomic mass is 9.86. The Morgan fingerprint density at radius 1 is 1.24 bits per heavy atom. The number of anilines is 1. The highest BCUT2D eigenvalue weighted by Gasteiger charge is 2.37. The van der Waals surface area contributed by atoms with Crippen molar-refractivity contribution in [2.75, 3.05) is 18.5 Å². The molecule has 25 heavy (non-hydrogen) atoms. The topological polar surface area (TPSA) is 55.2 Å². The summed E-state index contributed by atoms with van der Waals surface area (Å²) in [7, 11) is 0. The van der Waals surface area contributed by atoms with Gasteiger partial charge in [-0.15, -0.1) is 0 Å². The third kappa shape index (κ3) is 2.79. The second kappa shape index (κ2) is 6.35. The highest BCUT2D eigenvalue weighted by molar-refractivity contribution is 6.42. The Bertz CT molecular complexity index is 864.